The standard InChI is InChI=1S/2C25H16O.3C12H4N4/c2*26-23(18-5-2-1-3-6-18)16-14-17-9-10-21-12-11-19-7-4-8-20-13-15-22(17)25(21)24(19)20;3*13-5-11(6-14)9-1-2-10(4-3-9)12(7-15)8-16/h2*1-16H;3*1-4H/b2*16-14+;;;. The van der Waals surface area contributed by atoms with Crippen LogP contribution in [0.2, 0.25) is 0 Å². The van der Waals surface area contributed by atoms with Gasteiger partial charge in [-0.05, 0) is 87.9 Å². The van der Waals surface area contributed by atoms with E-state index < -0.39 is 0 Å². The number of rotatable bonds is 6. The van der Waals surface area contributed by atoms with Crippen LogP contribution in [0.3, 0.4) is 0 Å². The number of carbonyl (C=O) groups is 2. The van der Waals surface area contributed by atoms with Gasteiger partial charge in [-0.25, -0.2) is 0 Å². The molecule has 0 heterocycles. The van der Waals surface area contributed by atoms with Gasteiger partial charge in [0, 0.05) is 42.4 Å². The van der Waals surface area contributed by atoms with Crippen LogP contribution in [0.1, 0.15) is 31.8 Å². The van der Waals surface area contributed by atoms with Crippen molar-refractivity contribution in [3.63, 3.8) is 0 Å². The number of hydrogen-bond acceptors (Lipinski definition) is 14. The Morgan fingerprint density at radius 2 is 0.430 bits per heavy atom. The smallest absolute Gasteiger partial charge is 0.185 e. The van der Waals surface area contributed by atoms with Gasteiger partial charge in [0.15, 0.2) is 11.6 Å². The van der Waals surface area contributed by atoms with Crippen LogP contribution in [0, 0.1) is 136 Å². The Labute approximate surface area is 572 Å². The van der Waals surface area contributed by atoms with Gasteiger partial charge < -0.3 is 0 Å². The van der Waals surface area contributed by atoms with E-state index in [9.17, 15) is 9.59 Å². The van der Waals surface area contributed by atoms with Gasteiger partial charge in [0.2, 0.25) is 0 Å². The average molecular weight is 1280 g/mol. The van der Waals surface area contributed by atoms with Crippen molar-refractivity contribution in [2.45, 2.75) is 0 Å². The van der Waals surface area contributed by atoms with Crippen molar-refractivity contribution in [3.8, 4) is 72.8 Å². The Balaban J connectivity index is 0.000000149. The molecule has 0 N–H and O–H groups in total. The van der Waals surface area contributed by atoms with Crippen molar-refractivity contribution < 1.29 is 9.59 Å². The molecule has 0 aromatic heterocycles. The average Bonchev–Trinajstić information content (AvgIpc) is 0.749. The van der Waals surface area contributed by atoms with Crippen LogP contribution in [-0.2, 0) is 0 Å². The van der Waals surface area contributed by atoms with Crippen LogP contribution in [0.5, 0.6) is 0 Å². The number of carbonyl (C=O) groups excluding carboxylic acids is 2. The topological polar surface area (TPSA) is 320 Å². The molecule has 0 aliphatic heterocycles. The third-order valence-electron chi connectivity index (χ3n) is 15.8. The zero-order valence-electron chi connectivity index (χ0n) is 52.6. The van der Waals surface area contributed by atoms with Gasteiger partial charge in [-0.15, -0.1) is 0 Å². The molecule has 0 unspecified atom stereocenters. The molecule has 0 radical (unpaired) electrons. The zero-order chi connectivity index (χ0) is 70.9. The third-order valence-corrected chi connectivity index (χ3v) is 15.8. The summed E-state index contributed by atoms with van der Waals surface area (Å²) in [5.41, 5.74) is 3.57. The summed E-state index contributed by atoms with van der Waals surface area (Å²) in [7, 11) is 0. The summed E-state index contributed by atoms with van der Waals surface area (Å²) in [6.07, 6.45) is 7.20. The fourth-order valence-corrected chi connectivity index (χ4v) is 10.9. The van der Waals surface area contributed by atoms with Crippen LogP contribution in [0.4, 0.5) is 0 Å². The Bertz CT molecular complexity index is 5590. The minimum atomic E-state index is 0.00187. The van der Waals surface area contributed by atoms with E-state index >= 15 is 0 Å². The molecule has 13 aromatic rings. The van der Waals surface area contributed by atoms with Crippen molar-refractivity contribution >= 4 is 122 Å². The van der Waals surface area contributed by atoms with Gasteiger partial charge in [0.05, 0.1) is 0 Å². The molecule has 0 bridgehead atoms. The van der Waals surface area contributed by atoms with Gasteiger partial charge in [-0.1, -0.05) is 255 Å². The third kappa shape index (κ3) is 15.5. The van der Waals surface area contributed by atoms with Gasteiger partial charge in [0.25, 0.3) is 0 Å². The fraction of sp³-hybridized carbons (Fsp3) is 0. The lowest BCUT2D eigenvalue weighted by molar-refractivity contribution is 0.103. The van der Waals surface area contributed by atoms with Crippen molar-refractivity contribution in [1.82, 2.24) is 0 Å². The van der Waals surface area contributed by atoms with E-state index in [0.717, 1.165) is 11.1 Å². The molecular formula is C86H44N12O2. The Hall–Kier alpha value is -16.1. The molecule has 0 spiro atoms. The van der Waals surface area contributed by atoms with Crippen LogP contribution in [-0.4, -0.2) is 11.6 Å². The van der Waals surface area contributed by atoms with Gasteiger partial charge in [-0.2, -0.15) is 63.1 Å². The first-order valence-electron chi connectivity index (χ1n) is 30.2. The summed E-state index contributed by atoms with van der Waals surface area (Å²) in [6, 6.07) is 97.0. The van der Waals surface area contributed by atoms with Crippen LogP contribution < -0.4 is 31.3 Å². The molecule has 14 nitrogen and oxygen atoms in total. The molecule has 0 atom stereocenters. The number of ketones is 2. The lowest BCUT2D eigenvalue weighted by Gasteiger charge is -2.12. The highest BCUT2D eigenvalue weighted by molar-refractivity contribution is 6.26. The molecule has 100 heavy (non-hydrogen) atoms. The van der Waals surface area contributed by atoms with E-state index in [4.69, 9.17) is 63.1 Å². The van der Waals surface area contributed by atoms with E-state index in [1.54, 1.807) is 85.0 Å². The number of hydrogen-bond donors (Lipinski definition) is 0. The van der Waals surface area contributed by atoms with Crippen molar-refractivity contribution in [3.05, 3.63) is 308 Å². The molecule has 0 fully saturated rings. The molecule has 14 heteroatoms. The summed E-state index contributed by atoms with van der Waals surface area (Å²) in [4.78, 5) is 24.8. The number of benzene rings is 13. The first-order valence-corrected chi connectivity index (χ1v) is 30.2. The molecule has 13 aromatic carbocycles. The van der Waals surface area contributed by atoms with Gasteiger partial charge in [-0.3, -0.25) is 9.59 Å². The quantitative estimate of drug-likeness (QED) is 0.0849. The molecule has 13 rings (SSSR count). The molecule has 0 saturated carbocycles. The molecular weight excluding hydrogens is 1230 g/mol. The maximum Gasteiger partial charge on any atom is 0.185 e. The molecule has 0 amide bonds. The van der Waals surface area contributed by atoms with E-state index in [1.165, 1.54) is 137 Å². The predicted octanol–water partition coefficient (Wildman–Crippen LogP) is 13.2. The first kappa shape index (κ1) is 68.2. The SMILES string of the molecule is N#CC(C#N)=c1ccc(=C(C#N)C#N)cc1.N#CC(C#N)=c1ccc(=C(C#N)C#N)cc1.N#CC(C#N)=c1ccc(=C(C#N)C#N)cc1.O=C(/C=C/c1ccc2ccc3cccc4ccc1c2c34)c1ccccc1.O=C(/C=C/c1ccc2ccc3cccc4ccc1c2c34)c1ccccc1. The van der Waals surface area contributed by atoms with Gasteiger partial charge >= 0.3 is 0 Å². The summed E-state index contributed by atoms with van der Waals surface area (Å²) in [5, 5.41) is 121. The summed E-state index contributed by atoms with van der Waals surface area (Å²) in [5.74, 6) is 0.0487. The molecule has 0 aliphatic carbocycles. The second kappa shape index (κ2) is 32.9. The lowest BCUT2D eigenvalue weighted by atomic mass is 9.92. The Morgan fingerprint density at radius 3 is 0.660 bits per heavy atom. The van der Waals surface area contributed by atoms with Crippen molar-refractivity contribution in [2.75, 3.05) is 0 Å². The van der Waals surface area contributed by atoms with Crippen LogP contribution in [0.15, 0.2) is 255 Å². The second-order valence-electron chi connectivity index (χ2n) is 21.5. The molecule has 0 saturated heterocycles. The van der Waals surface area contributed by atoms with E-state index in [0.29, 0.717) is 42.4 Å². The molecule has 460 valence electrons. The van der Waals surface area contributed by atoms with Crippen molar-refractivity contribution in [1.29, 1.82) is 63.1 Å². The maximum atomic E-state index is 12.4. The number of nitrogens with zero attached hydrogens (tertiary/aromatic N) is 12. The zero-order valence-corrected chi connectivity index (χ0v) is 52.6. The second-order valence-corrected chi connectivity index (χ2v) is 21.5. The van der Waals surface area contributed by atoms with Crippen LogP contribution >= 0.6 is 0 Å². The Kier molecular flexibility index (Phi) is 22.5. The van der Waals surface area contributed by atoms with Gasteiger partial charge in [0.1, 0.15) is 106 Å². The van der Waals surface area contributed by atoms with Crippen LogP contribution in [0.25, 0.3) is 110 Å². The minimum Gasteiger partial charge on any atom is -0.289 e. The highest BCUT2D eigenvalue weighted by atomic mass is 16.1. The summed E-state index contributed by atoms with van der Waals surface area (Å²) in [6.45, 7) is 0. The monoisotopic (exact) mass is 1280 g/mol. The Morgan fingerprint density at radius 1 is 0.220 bits per heavy atom. The van der Waals surface area contributed by atoms with Crippen molar-refractivity contribution in [2.24, 2.45) is 0 Å². The number of nitriles is 12. The lowest BCUT2D eigenvalue weighted by Crippen LogP contribution is -2.11. The van der Waals surface area contributed by atoms with E-state index in [-0.39, 0.29) is 45.0 Å². The predicted molar refractivity (Wildman–Crippen MR) is 385 cm³/mol. The normalized spacial score (nSPS) is 9.88. The largest absolute Gasteiger partial charge is 0.289 e. The fourth-order valence-electron chi connectivity index (χ4n) is 10.9. The summed E-state index contributed by atoms with van der Waals surface area (Å²) < 4.78 is 0. The first-order chi connectivity index (χ1) is 48.9. The number of allylic oxidation sites excluding steroid dienone is 2. The highest BCUT2D eigenvalue weighted by Gasteiger charge is 2.13. The molecule has 0 aliphatic rings. The minimum absolute atomic E-state index is 0.00187. The highest BCUT2D eigenvalue weighted by Crippen LogP contribution is 2.38. The summed E-state index contributed by atoms with van der Waals surface area (Å²) >= 11 is 0. The van der Waals surface area contributed by atoms with E-state index in [1.807, 2.05) is 72.8 Å². The maximum absolute atomic E-state index is 12.4. The van der Waals surface area contributed by atoms with E-state index in [2.05, 4.69) is 109 Å².